The Labute approximate surface area is 129 Å². The average molecular weight is 333 g/mol. The van der Waals surface area contributed by atoms with Gasteiger partial charge >= 0.3 is 6.18 Å². The van der Waals surface area contributed by atoms with Gasteiger partial charge in [0.1, 0.15) is 11.5 Å². The number of aromatic hydroxyl groups is 1. The minimum Gasteiger partial charge on any atom is -0.504 e. The molecule has 0 aromatic heterocycles. The van der Waals surface area contributed by atoms with Crippen LogP contribution in [0.1, 0.15) is 12.5 Å². The van der Waals surface area contributed by atoms with Gasteiger partial charge in [0, 0.05) is 6.07 Å². The summed E-state index contributed by atoms with van der Waals surface area (Å²) in [6.07, 6.45) is -4.47. The fraction of sp³-hybridized carbons (Fsp3) is 0.200. The van der Waals surface area contributed by atoms with E-state index in [9.17, 15) is 18.3 Å². The molecule has 2 rings (SSSR count). The number of rotatable bonds is 4. The summed E-state index contributed by atoms with van der Waals surface area (Å²) in [5, 5.41) is 9.42. The molecule has 0 radical (unpaired) electrons. The van der Waals surface area contributed by atoms with E-state index in [1.165, 1.54) is 18.2 Å². The largest absolute Gasteiger partial charge is 0.504 e. The highest BCUT2D eigenvalue weighted by atomic mass is 35.5. The molecule has 0 aliphatic rings. The normalized spacial score (nSPS) is 11.3. The van der Waals surface area contributed by atoms with E-state index >= 15 is 0 Å². The van der Waals surface area contributed by atoms with Gasteiger partial charge in [-0.25, -0.2) is 0 Å². The molecule has 0 fully saturated rings. The summed E-state index contributed by atoms with van der Waals surface area (Å²) in [7, 11) is 0. The van der Waals surface area contributed by atoms with Gasteiger partial charge < -0.3 is 14.6 Å². The maximum Gasteiger partial charge on any atom is 0.416 e. The minimum absolute atomic E-state index is 0.0623. The summed E-state index contributed by atoms with van der Waals surface area (Å²) in [5.74, 6) is 0.501. The van der Waals surface area contributed by atoms with E-state index in [-0.39, 0.29) is 28.0 Å². The first-order valence-electron chi connectivity index (χ1n) is 6.31. The van der Waals surface area contributed by atoms with Gasteiger partial charge in [0.15, 0.2) is 11.5 Å². The Morgan fingerprint density at radius 3 is 2.41 bits per heavy atom. The van der Waals surface area contributed by atoms with Gasteiger partial charge in [-0.05, 0) is 37.3 Å². The summed E-state index contributed by atoms with van der Waals surface area (Å²) in [5.41, 5.74) is -0.856. The molecule has 2 aromatic rings. The molecule has 0 bridgehead atoms. The van der Waals surface area contributed by atoms with Gasteiger partial charge in [0.2, 0.25) is 0 Å². The zero-order valence-corrected chi connectivity index (χ0v) is 12.2. The van der Waals surface area contributed by atoms with Crippen LogP contribution >= 0.6 is 11.6 Å². The maximum absolute atomic E-state index is 12.6. The van der Waals surface area contributed by atoms with E-state index in [0.29, 0.717) is 6.61 Å². The lowest BCUT2D eigenvalue weighted by Crippen LogP contribution is -2.04. The van der Waals surface area contributed by atoms with E-state index in [1.807, 2.05) is 0 Å². The average Bonchev–Trinajstić information content (AvgIpc) is 2.44. The van der Waals surface area contributed by atoms with Crippen molar-refractivity contribution < 1.29 is 27.8 Å². The highest BCUT2D eigenvalue weighted by molar-refractivity contribution is 6.32. The molecule has 0 aliphatic carbocycles. The van der Waals surface area contributed by atoms with Crippen molar-refractivity contribution in [2.45, 2.75) is 13.1 Å². The van der Waals surface area contributed by atoms with Gasteiger partial charge in [-0.15, -0.1) is 0 Å². The first kappa shape index (κ1) is 16.3. The Kier molecular flexibility index (Phi) is 4.71. The van der Waals surface area contributed by atoms with E-state index < -0.39 is 11.7 Å². The Bertz CT molecular complexity index is 672. The van der Waals surface area contributed by atoms with Gasteiger partial charge in [-0.3, -0.25) is 0 Å². The fourth-order valence-electron chi connectivity index (χ4n) is 1.72. The SMILES string of the molecule is CCOc1cc(Oc2ccc(C(F)(F)F)cc2Cl)ccc1O. The summed E-state index contributed by atoms with van der Waals surface area (Å²) >= 11 is 5.81. The van der Waals surface area contributed by atoms with Crippen LogP contribution < -0.4 is 9.47 Å². The molecule has 7 heteroatoms. The molecule has 118 valence electrons. The van der Waals surface area contributed by atoms with E-state index in [0.717, 1.165) is 18.2 Å². The molecule has 0 unspecified atom stereocenters. The standard InChI is InChI=1S/C15H12ClF3O3/c1-2-21-14-8-10(4-5-12(14)20)22-13-6-3-9(7-11(13)16)15(17,18)19/h3-8,20H,2H2,1H3. The zero-order chi connectivity index (χ0) is 16.3. The van der Waals surface area contributed by atoms with Crippen molar-refractivity contribution in [3.8, 4) is 23.0 Å². The molecule has 22 heavy (non-hydrogen) atoms. The molecule has 3 nitrogen and oxygen atoms in total. The van der Waals surface area contributed by atoms with Crippen molar-refractivity contribution in [1.29, 1.82) is 0 Å². The quantitative estimate of drug-likeness (QED) is 0.830. The topological polar surface area (TPSA) is 38.7 Å². The number of phenols is 1. The first-order valence-corrected chi connectivity index (χ1v) is 6.69. The number of alkyl halides is 3. The van der Waals surface area contributed by atoms with Crippen LogP contribution in [0.3, 0.4) is 0 Å². The summed E-state index contributed by atoms with van der Waals surface area (Å²) < 4.78 is 48.3. The van der Waals surface area contributed by atoms with Crippen molar-refractivity contribution in [3.05, 3.63) is 47.0 Å². The lowest BCUT2D eigenvalue weighted by Gasteiger charge is -2.12. The second-order valence-electron chi connectivity index (χ2n) is 4.31. The summed E-state index contributed by atoms with van der Waals surface area (Å²) in [6.45, 7) is 2.09. The number of hydrogen-bond acceptors (Lipinski definition) is 3. The molecule has 0 heterocycles. The monoisotopic (exact) mass is 332 g/mol. The molecule has 1 N–H and O–H groups in total. The van der Waals surface area contributed by atoms with Crippen LogP contribution in [0.15, 0.2) is 36.4 Å². The number of benzene rings is 2. The molecule has 2 aromatic carbocycles. The highest BCUT2D eigenvalue weighted by Gasteiger charge is 2.31. The predicted octanol–water partition coefficient (Wildman–Crippen LogP) is 5.26. The van der Waals surface area contributed by atoms with Gasteiger partial charge in [-0.2, -0.15) is 13.2 Å². The smallest absolute Gasteiger partial charge is 0.416 e. The molecule has 0 saturated carbocycles. The van der Waals surface area contributed by atoms with Gasteiger partial charge in [0.05, 0.1) is 17.2 Å². The Morgan fingerprint density at radius 1 is 1.09 bits per heavy atom. The Hall–Kier alpha value is -2.08. The van der Waals surface area contributed by atoms with E-state index in [4.69, 9.17) is 21.1 Å². The first-order chi connectivity index (χ1) is 10.3. The third-order valence-corrected chi connectivity index (χ3v) is 3.01. The van der Waals surface area contributed by atoms with Crippen LogP contribution in [0.2, 0.25) is 5.02 Å². The number of ether oxygens (including phenoxy) is 2. The van der Waals surface area contributed by atoms with E-state index in [1.54, 1.807) is 6.92 Å². The second kappa shape index (κ2) is 6.36. The van der Waals surface area contributed by atoms with Crippen LogP contribution in [-0.4, -0.2) is 11.7 Å². The van der Waals surface area contributed by atoms with Crippen molar-refractivity contribution in [1.82, 2.24) is 0 Å². The van der Waals surface area contributed by atoms with Crippen LogP contribution in [-0.2, 0) is 6.18 Å². The maximum atomic E-state index is 12.6. The van der Waals surface area contributed by atoms with Crippen molar-refractivity contribution >= 4 is 11.6 Å². The third-order valence-electron chi connectivity index (χ3n) is 2.72. The summed E-state index contributed by atoms with van der Waals surface area (Å²) in [4.78, 5) is 0. The molecular formula is C15H12ClF3O3. The minimum atomic E-state index is -4.47. The van der Waals surface area contributed by atoms with Crippen LogP contribution in [0.25, 0.3) is 0 Å². The van der Waals surface area contributed by atoms with E-state index in [2.05, 4.69) is 0 Å². The van der Waals surface area contributed by atoms with Gasteiger partial charge in [0.25, 0.3) is 0 Å². The number of phenolic OH excluding ortho intramolecular Hbond substituents is 1. The predicted molar refractivity (Wildman–Crippen MR) is 75.8 cm³/mol. The molecule has 0 atom stereocenters. The number of hydrogen-bond donors (Lipinski definition) is 1. The molecular weight excluding hydrogens is 321 g/mol. The second-order valence-corrected chi connectivity index (χ2v) is 4.71. The fourth-order valence-corrected chi connectivity index (χ4v) is 1.94. The molecule has 0 saturated heterocycles. The zero-order valence-electron chi connectivity index (χ0n) is 11.4. The Balaban J connectivity index is 2.26. The van der Waals surface area contributed by atoms with Gasteiger partial charge in [-0.1, -0.05) is 11.6 Å². The summed E-state index contributed by atoms with van der Waals surface area (Å²) in [6, 6.07) is 7.04. The Morgan fingerprint density at radius 2 is 1.82 bits per heavy atom. The third kappa shape index (κ3) is 3.76. The van der Waals surface area contributed by atoms with Crippen LogP contribution in [0.5, 0.6) is 23.0 Å². The van der Waals surface area contributed by atoms with Crippen molar-refractivity contribution in [3.63, 3.8) is 0 Å². The molecule has 0 aliphatic heterocycles. The molecule has 0 spiro atoms. The highest BCUT2D eigenvalue weighted by Crippen LogP contribution is 2.38. The molecule has 0 amide bonds. The van der Waals surface area contributed by atoms with Crippen LogP contribution in [0, 0.1) is 0 Å². The lowest BCUT2D eigenvalue weighted by atomic mass is 10.2. The number of halogens is 4. The van der Waals surface area contributed by atoms with Crippen LogP contribution in [0.4, 0.5) is 13.2 Å². The lowest BCUT2D eigenvalue weighted by molar-refractivity contribution is -0.137. The van der Waals surface area contributed by atoms with Crippen molar-refractivity contribution in [2.24, 2.45) is 0 Å². The van der Waals surface area contributed by atoms with Crippen molar-refractivity contribution in [2.75, 3.05) is 6.61 Å².